The van der Waals surface area contributed by atoms with Crippen molar-refractivity contribution in [3.63, 3.8) is 0 Å². The Morgan fingerprint density at radius 3 is 2.38 bits per heavy atom. The standard InChI is InChI=1S/C15H22N2O4/c1-10-8-17(9-11(2)21-10)15(18)16-12-5-6-13(19-3)14(7-12)20-4/h5-7,10-11H,8-9H2,1-4H3,(H,16,18)/t10-,11-/m1/s1. The first-order valence-corrected chi connectivity index (χ1v) is 6.97. The molecule has 2 rings (SSSR count). The number of ether oxygens (including phenoxy) is 3. The Morgan fingerprint density at radius 2 is 1.81 bits per heavy atom. The molecule has 0 spiro atoms. The average Bonchev–Trinajstić information content (AvgIpc) is 2.46. The van der Waals surface area contributed by atoms with E-state index in [-0.39, 0.29) is 18.2 Å². The van der Waals surface area contributed by atoms with Crippen LogP contribution in [0, 0.1) is 0 Å². The first-order chi connectivity index (χ1) is 10.0. The number of morpholine rings is 1. The van der Waals surface area contributed by atoms with Crippen LogP contribution in [0.1, 0.15) is 13.8 Å². The number of nitrogens with one attached hydrogen (secondary N) is 1. The maximum absolute atomic E-state index is 12.3. The number of amides is 2. The van der Waals surface area contributed by atoms with Crippen molar-refractivity contribution in [1.82, 2.24) is 4.90 Å². The first-order valence-electron chi connectivity index (χ1n) is 6.97. The minimum Gasteiger partial charge on any atom is -0.493 e. The fourth-order valence-electron chi connectivity index (χ4n) is 2.46. The second kappa shape index (κ2) is 6.67. The van der Waals surface area contributed by atoms with Gasteiger partial charge in [0, 0.05) is 24.8 Å². The van der Waals surface area contributed by atoms with E-state index in [2.05, 4.69) is 5.32 Å². The molecule has 0 aromatic heterocycles. The third-order valence-corrected chi connectivity index (χ3v) is 3.34. The number of rotatable bonds is 3. The normalized spacial score (nSPS) is 21.8. The lowest BCUT2D eigenvalue weighted by Crippen LogP contribution is -2.49. The molecule has 0 aliphatic carbocycles. The minimum atomic E-state index is -0.135. The number of urea groups is 1. The van der Waals surface area contributed by atoms with Crippen LogP contribution in [0.4, 0.5) is 10.5 Å². The van der Waals surface area contributed by atoms with Crippen molar-refractivity contribution in [2.75, 3.05) is 32.6 Å². The summed E-state index contributed by atoms with van der Waals surface area (Å²) in [5.41, 5.74) is 0.671. The maximum atomic E-state index is 12.3. The summed E-state index contributed by atoms with van der Waals surface area (Å²) in [6, 6.07) is 5.15. The molecule has 6 nitrogen and oxygen atoms in total. The lowest BCUT2D eigenvalue weighted by molar-refractivity contribution is -0.0530. The molecule has 1 fully saturated rings. The molecule has 1 aliphatic rings. The van der Waals surface area contributed by atoms with Crippen molar-refractivity contribution in [2.24, 2.45) is 0 Å². The average molecular weight is 294 g/mol. The summed E-state index contributed by atoms with van der Waals surface area (Å²) in [6.45, 7) is 5.10. The highest BCUT2D eigenvalue weighted by atomic mass is 16.5. The van der Waals surface area contributed by atoms with Crippen molar-refractivity contribution >= 4 is 11.7 Å². The van der Waals surface area contributed by atoms with E-state index in [9.17, 15) is 4.79 Å². The molecule has 1 heterocycles. The van der Waals surface area contributed by atoms with E-state index in [1.807, 2.05) is 13.8 Å². The van der Waals surface area contributed by atoms with Gasteiger partial charge in [-0.15, -0.1) is 0 Å². The van der Waals surface area contributed by atoms with Gasteiger partial charge in [0.2, 0.25) is 0 Å². The van der Waals surface area contributed by atoms with Crippen LogP contribution >= 0.6 is 0 Å². The summed E-state index contributed by atoms with van der Waals surface area (Å²) in [6.07, 6.45) is 0.0924. The summed E-state index contributed by atoms with van der Waals surface area (Å²) in [5.74, 6) is 1.21. The molecule has 0 saturated carbocycles. The minimum absolute atomic E-state index is 0.0462. The number of hydrogen-bond acceptors (Lipinski definition) is 4. The van der Waals surface area contributed by atoms with Gasteiger partial charge in [-0.2, -0.15) is 0 Å². The molecule has 1 N–H and O–H groups in total. The van der Waals surface area contributed by atoms with E-state index in [0.717, 1.165) is 0 Å². The van der Waals surface area contributed by atoms with Gasteiger partial charge in [-0.3, -0.25) is 0 Å². The molecule has 2 amide bonds. The Morgan fingerprint density at radius 1 is 1.19 bits per heavy atom. The van der Waals surface area contributed by atoms with Crippen molar-refractivity contribution in [3.8, 4) is 11.5 Å². The molecule has 2 atom stereocenters. The Balaban J connectivity index is 2.05. The van der Waals surface area contributed by atoms with Gasteiger partial charge in [-0.1, -0.05) is 0 Å². The summed E-state index contributed by atoms with van der Waals surface area (Å²) in [4.78, 5) is 14.1. The zero-order valence-corrected chi connectivity index (χ0v) is 12.9. The van der Waals surface area contributed by atoms with Crippen LogP contribution in [-0.4, -0.2) is 50.4 Å². The molecule has 21 heavy (non-hydrogen) atoms. The van der Waals surface area contributed by atoms with Gasteiger partial charge in [0.05, 0.1) is 26.4 Å². The van der Waals surface area contributed by atoms with Crippen LogP contribution in [0.5, 0.6) is 11.5 Å². The molecule has 1 saturated heterocycles. The predicted octanol–water partition coefficient (Wildman–Crippen LogP) is 2.34. The van der Waals surface area contributed by atoms with E-state index >= 15 is 0 Å². The van der Waals surface area contributed by atoms with Crippen LogP contribution in [0.2, 0.25) is 0 Å². The van der Waals surface area contributed by atoms with Crippen molar-refractivity contribution in [3.05, 3.63) is 18.2 Å². The van der Waals surface area contributed by atoms with Gasteiger partial charge in [-0.05, 0) is 26.0 Å². The van der Waals surface area contributed by atoms with Crippen LogP contribution in [0.25, 0.3) is 0 Å². The highest BCUT2D eigenvalue weighted by Crippen LogP contribution is 2.29. The van der Waals surface area contributed by atoms with Crippen LogP contribution in [0.3, 0.4) is 0 Å². The molecular formula is C15H22N2O4. The zero-order chi connectivity index (χ0) is 15.4. The van der Waals surface area contributed by atoms with E-state index in [1.165, 1.54) is 0 Å². The number of carbonyl (C=O) groups is 1. The second-order valence-electron chi connectivity index (χ2n) is 5.16. The SMILES string of the molecule is COc1ccc(NC(=O)N2C[C@@H](C)O[C@H](C)C2)cc1OC. The monoisotopic (exact) mass is 294 g/mol. The zero-order valence-electron chi connectivity index (χ0n) is 12.9. The van der Waals surface area contributed by atoms with Crippen LogP contribution < -0.4 is 14.8 Å². The molecule has 116 valence electrons. The van der Waals surface area contributed by atoms with Crippen molar-refractivity contribution in [1.29, 1.82) is 0 Å². The third kappa shape index (κ3) is 3.78. The lowest BCUT2D eigenvalue weighted by atomic mass is 10.2. The topological polar surface area (TPSA) is 60.0 Å². The Hall–Kier alpha value is -1.95. The lowest BCUT2D eigenvalue weighted by Gasteiger charge is -2.35. The van der Waals surface area contributed by atoms with E-state index in [1.54, 1.807) is 37.3 Å². The van der Waals surface area contributed by atoms with E-state index in [0.29, 0.717) is 30.3 Å². The fraction of sp³-hybridized carbons (Fsp3) is 0.533. The molecule has 6 heteroatoms. The summed E-state index contributed by atoms with van der Waals surface area (Å²) in [5, 5.41) is 2.87. The smallest absolute Gasteiger partial charge is 0.322 e. The number of nitrogens with zero attached hydrogens (tertiary/aromatic N) is 1. The van der Waals surface area contributed by atoms with Crippen LogP contribution in [-0.2, 0) is 4.74 Å². The molecule has 0 unspecified atom stereocenters. The van der Waals surface area contributed by atoms with Gasteiger partial charge >= 0.3 is 6.03 Å². The largest absolute Gasteiger partial charge is 0.493 e. The second-order valence-corrected chi connectivity index (χ2v) is 5.16. The highest BCUT2D eigenvalue weighted by molar-refractivity contribution is 5.89. The predicted molar refractivity (Wildman–Crippen MR) is 80.1 cm³/mol. The molecule has 0 bridgehead atoms. The van der Waals surface area contributed by atoms with Gasteiger partial charge in [0.1, 0.15) is 0 Å². The number of carbonyl (C=O) groups excluding carboxylic acids is 1. The number of anilines is 1. The van der Waals surface area contributed by atoms with Gasteiger partial charge < -0.3 is 24.4 Å². The summed E-state index contributed by atoms with van der Waals surface area (Å²) >= 11 is 0. The number of hydrogen-bond donors (Lipinski definition) is 1. The molecular weight excluding hydrogens is 272 g/mol. The Labute approximate surface area is 125 Å². The van der Waals surface area contributed by atoms with Gasteiger partial charge in [0.25, 0.3) is 0 Å². The maximum Gasteiger partial charge on any atom is 0.322 e. The first kappa shape index (κ1) is 15.4. The van der Waals surface area contributed by atoms with Gasteiger partial charge in [0.15, 0.2) is 11.5 Å². The Kier molecular flexibility index (Phi) is 4.90. The van der Waals surface area contributed by atoms with Gasteiger partial charge in [-0.25, -0.2) is 4.79 Å². The summed E-state index contributed by atoms with van der Waals surface area (Å²) in [7, 11) is 3.14. The van der Waals surface area contributed by atoms with E-state index in [4.69, 9.17) is 14.2 Å². The van der Waals surface area contributed by atoms with Crippen molar-refractivity contribution < 1.29 is 19.0 Å². The fourth-order valence-corrected chi connectivity index (χ4v) is 2.46. The summed E-state index contributed by atoms with van der Waals surface area (Å²) < 4.78 is 16.0. The molecule has 1 aromatic rings. The molecule has 1 aromatic carbocycles. The number of methoxy groups -OCH3 is 2. The quantitative estimate of drug-likeness (QED) is 0.929. The van der Waals surface area contributed by atoms with Crippen molar-refractivity contribution in [2.45, 2.75) is 26.1 Å². The molecule has 0 radical (unpaired) electrons. The number of benzene rings is 1. The Bertz CT molecular complexity index is 496. The third-order valence-electron chi connectivity index (χ3n) is 3.34. The molecule has 1 aliphatic heterocycles. The highest BCUT2D eigenvalue weighted by Gasteiger charge is 2.25. The van der Waals surface area contributed by atoms with Crippen LogP contribution in [0.15, 0.2) is 18.2 Å². The van der Waals surface area contributed by atoms with E-state index < -0.39 is 0 Å².